The van der Waals surface area contributed by atoms with Crippen LogP contribution in [0, 0.1) is 10.8 Å². The van der Waals surface area contributed by atoms with Crippen LogP contribution < -0.4 is 5.32 Å². The highest BCUT2D eigenvalue weighted by Gasteiger charge is 2.48. The lowest BCUT2D eigenvalue weighted by Crippen LogP contribution is -2.53. The normalized spacial score (nSPS) is 12.6. The van der Waals surface area contributed by atoms with Gasteiger partial charge in [-0.15, -0.1) is 33.7 Å². The molecule has 226 valence electrons. The first kappa shape index (κ1) is 34.9. The summed E-state index contributed by atoms with van der Waals surface area (Å²) in [7, 11) is 0. The summed E-state index contributed by atoms with van der Waals surface area (Å²) in [5.41, 5.74) is 1.11. The molecule has 2 aromatic rings. The van der Waals surface area contributed by atoms with Crippen molar-refractivity contribution in [1.82, 2.24) is 15.4 Å². The molecule has 0 atom stereocenters. The maximum absolute atomic E-state index is 11.5. The number of thioether (sulfide) groups is 2. The third-order valence-corrected chi connectivity index (χ3v) is 9.99. The highest BCUT2D eigenvalue weighted by molar-refractivity contribution is 8.00. The fraction of sp³-hybridized carbons (Fsp3) is 0.727. The summed E-state index contributed by atoms with van der Waals surface area (Å²) >= 11 is 3.57. The van der Waals surface area contributed by atoms with Crippen molar-refractivity contribution in [3.63, 3.8) is 0 Å². The minimum Gasteiger partial charge on any atom is -0.389 e. The maximum atomic E-state index is 11.5. The molecule has 0 aliphatic heterocycles. The zero-order valence-corrected chi connectivity index (χ0v) is 28.0. The molecule has 1 aromatic carbocycles. The van der Waals surface area contributed by atoms with Crippen molar-refractivity contribution in [2.45, 2.75) is 141 Å². The smallest absolute Gasteiger partial charge is 0.147 e. The van der Waals surface area contributed by atoms with E-state index in [-0.39, 0.29) is 10.8 Å². The Morgan fingerprint density at radius 1 is 0.675 bits per heavy atom. The van der Waals surface area contributed by atoms with E-state index in [1.807, 2.05) is 18.2 Å². The largest absolute Gasteiger partial charge is 0.389 e. The summed E-state index contributed by atoms with van der Waals surface area (Å²) in [5, 5.41) is 29.9. The van der Waals surface area contributed by atoms with E-state index in [1.54, 1.807) is 23.5 Å². The lowest BCUT2D eigenvalue weighted by atomic mass is 9.60. The van der Waals surface area contributed by atoms with Gasteiger partial charge < -0.3 is 10.4 Å². The molecule has 5 nitrogen and oxygen atoms in total. The number of nitrogens with one attached hydrogen (secondary N) is 1. The molecule has 0 saturated heterocycles. The molecule has 0 fully saturated rings. The van der Waals surface area contributed by atoms with Crippen LogP contribution in [0.15, 0.2) is 40.4 Å². The highest BCUT2D eigenvalue weighted by Crippen LogP contribution is 2.47. The number of benzene rings is 1. The van der Waals surface area contributed by atoms with Crippen LogP contribution in [0.2, 0.25) is 0 Å². The van der Waals surface area contributed by atoms with Gasteiger partial charge in [0.05, 0.1) is 5.60 Å². The van der Waals surface area contributed by atoms with E-state index in [1.165, 1.54) is 51.4 Å². The number of hydrogen-bond acceptors (Lipinski definition) is 7. The Hall–Kier alpha value is -1.31. The number of nitrogens with zero attached hydrogens (tertiary/aromatic N) is 3. The molecule has 0 unspecified atom stereocenters. The van der Waals surface area contributed by atoms with Crippen molar-refractivity contribution in [1.29, 1.82) is 0 Å². The van der Waals surface area contributed by atoms with E-state index in [0.717, 1.165) is 58.6 Å². The lowest BCUT2D eigenvalue weighted by molar-refractivity contribution is -0.143. The summed E-state index contributed by atoms with van der Waals surface area (Å²) in [6.07, 6.45) is 14.4. The fourth-order valence-corrected chi connectivity index (χ4v) is 7.30. The zero-order valence-electron chi connectivity index (χ0n) is 26.4. The van der Waals surface area contributed by atoms with Gasteiger partial charge in [-0.05, 0) is 58.9 Å². The first-order valence-electron chi connectivity index (χ1n) is 15.5. The number of unbranched alkanes of at least 4 members (excludes halogenated alkanes) is 9. The fourth-order valence-electron chi connectivity index (χ4n) is 5.38. The van der Waals surface area contributed by atoms with Crippen LogP contribution in [0.1, 0.15) is 126 Å². The Kier molecular flexibility index (Phi) is 15.4. The number of para-hydroxylation sites is 1. The summed E-state index contributed by atoms with van der Waals surface area (Å²) in [5.74, 6) is 2.07. The molecule has 1 heterocycles. The summed E-state index contributed by atoms with van der Waals surface area (Å²) in [6.45, 7) is 15.2. The van der Waals surface area contributed by atoms with Crippen LogP contribution in [-0.4, -0.2) is 37.6 Å². The first-order valence-corrected chi connectivity index (χ1v) is 17.5. The average Bonchev–Trinajstić information content (AvgIpc) is 2.90. The first-order chi connectivity index (χ1) is 19.0. The number of anilines is 2. The molecule has 1 aromatic heterocycles. The second-order valence-corrected chi connectivity index (χ2v) is 15.3. The third-order valence-electron chi connectivity index (χ3n) is 7.88. The number of hydrogen-bond donors (Lipinski definition) is 2. The van der Waals surface area contributed by atoms with Gasteiger partial charge in [-0.25, -0.2) is 0 Å². The highest BCUT2D eigenvalue weighted by atomic mass is 32.2. The van der Waals surface area contributed by atoms with E-state index < -0.39 is 5.60 Å². The van der Waals surface area contributed by atoms with Gasteiger partial charge in [0, 0.05) is 5.69 Å². The van der Waals surface area contributed by atoms with E-state index >= 15 is 0 Å². The van der Waals surface area contributed by atoms with Gasteiger partial charge in [0.25, 0.3) is 0 Å². The van der Waals surface area contributed by atoms with E-state index in [4.69, 9.17) is 0 Å². The average molecular weight is 589 g/mol. The van der Waals surface area contributed by atoms with E-state index in [9.17, 15) is 5.11 Å². The van der Waals surface area contributed by atoms with Gasteiger partial charge in [-0.2, -0.15) is 0 Å². The molecule has 0 spiro atoms. The molecule has 40 heavy (non-hydrogen) atoms. The topological polar surface area (TPSA) is 70.9 Å². The Labute approximate surface area is 253 Å². The SMILES string of the molecule is CCCCCCCCSc1nnnc(SCCCCCCCC(O)(C(C)(C)C)C(C)(C)C)c1Nc1ccccc1. The minimum absolute atomic E-state index is 0.134. The van der Waals surface area contributed by atoms with Crippen LogP contribution in [0.25, 0.3) is 0 Å². The van der Waals surface area contributed by atoms with Crippen LogP contribution in [-0.2, 0) is 0 Å². The van der Waals surface area contributed by atoms with Crippen molar-refractivity contribution >= 4 is 34.9 Å². The van der Waals surface area contributed by atoms with Gasteiger partial charge in [0.1, 0.15) is 15.7 Å². The Balaban J connectivity index is 1.85. The molecule has 0 bridgehead atoms. The molecular weight excluding hydrogens is 533 g/mol. The van der Waals surface area contributed by atoms with Crippen LogP contribution in [0.5, 0.6) is 0 Å². The lowest BCUT2D eigenvalue weighted by Gasteiger charge is -2.50. The second kappa shape index (κ2) is 17.6. The number of aliphatic hydroxyl groups is 1. The monoisotopic (exact) mass is 588 g/mol. The van der Waals surface area contributed by atoms with Gasteiger partial charge in [0.2, 0.25) is 0 Å². The summed E-state index contributed by atoms with van der Waals surface area (Å²) in [6, 6.07) is 10.3. The molecule has 2 rings (SSSR count). The van der Waals surface area contributed by atoms with Crippen molar-refractivity contribution < 1.29 is 5.11 Å². The molecule has 0 aliphatic carbocycles. The van der Waals surface area contributed by atoms with E-state index in [2.05, 4.69) is 81.3 Å². The van der Waals surface area contributed by atoms with Crippen molar-refractivity contribution in [3.05, 3.63) is 30.3 Å². The van der Waals surface area contributed by atoms with Gasteiger partial charge in [-0.1, -0.05) is 124 Å². The summed E-state index contributed by atoms with van der Waals surface area (Å²) < 4.78 is 0. The van der Waals surface area contributed by atoms with Crippen LogP contribution in [0.3, 0.4) is 0 Å². The zero-order chi connectivity index (χ0) is 29.5. The third kappa shape index (κ3) is 11.5. The molecular formula is C33H56N4OS2. The standard InChI is InChI=1S/C33H56N4OS2/c1-8-9-10-11-14-20-25-39-29-28(34-27-22-17-16-18-23-27)30(36-37-35-29)40-26-21-15-12-13-19-24-33(38,31(2,3)4)32(5,6)7/h16-18,22-23,38H,8-15,19-21,24-26H2,1-7H3,(H,34,37). The Bertz CT molecular complexity index is 943. The quantitative estimate of drug-likeness (QED) is 0.125. The molecule has 0 saturated carbocycles. The van der Waals surface area contributed by atoms with Crippen LogP contribution >= 0.6 is 23.5 Å². The van der Waals surface area contributed by atoms with Crippen molar-refractivity contribution in [2.24, 2.45) is 10.8 Å². The van der Waals surface area contributed by atoms with E-state index in [0.29, 0.717) is 0 Å². The van der Waals surface area contributed by atoms with Crippen molar-refractivity contribution in [2.75, 3.05) is 16.8 Å². The van der Waals surface area contributed by atoms with Gasteiger partial charge in [0.15, 0.2) is 0 Å². The maximum Gasteiger partial charge on any atom is 0.147 e. The molecule has 0 amide bonds. The molecule has 0 radical (unpaired) electrons. The van der Waals surface area contributed by atoms with Gasteiger partial charge >= 0.3 is 0 Å². The van der Waals surface area contributed by atoms with Gasteiger partial charge in [-0.3, -0.25) is 0 Å². The Morgan fingerprint density at radius 3 is 1.65 bits per heavy atom. The Morgan fingerprint density at radius 2 is 1.15 bits per heavy atom. The van der Waals surface area contributed by atoms with Crippen molar-refractivity contribution in [3.8, 4) is 0 Å². The van der Waals surface area contributed by atoms with Crippen LogP contribution in [0.4, 0.5) is 11.4 Å². The molecule has 0 aliphatic rings. The predicted molar refractivity (Wildman–Crippen MR) is 176 cm³/mol. The molecule has 7 heteroatoms. The number of rotatable bonds is 19. The second-order valence-electron chi connectivity index (χ2n) is 13.1. The summed E-state index contributed by atoms with van der Waals surface area (Å²) in [4.78, 5) is 0. The minimum atomic E-state index is -0.664. The number of aromatic nitrogens is 3. The molecule has 2 N–H and O–H groups in total. The predicted octanol–water partition coefficient (Wildman–Crippen LogP) is 10.3.